The summed E-state index contributed by atoms with van der Waals surface area (Å²) < 4.78 is 43.6. The Morgan fingerprint density at radius 2 is 2.00 bits per heavy atom. The number of nitrogens with zero attached hydrogens (tertiary/aromatic N) is 2. The van der Waals surface area contributed by atoms with Crippen molar-refractivity contribution in [3.05, 3.63) is 36.0 Å². The molecule has 0 saturated heterocycles. The molecule has 17 heavy (non-hydrogen) atoms. The van der Waals surface area contributed by atoms with Crippen molar-refractivity contribution in [1.82, 2.24) is 10.2 Å². The number of rotatable bonds is 3. The SMILES string of the molecule is Cc1nnc(NS(=O)(=O)c2ccccc2F)o1. The zero-order valence-corrected chi connectivity index (χ0v) is 9.53. The molecule has 2 rings (SSSR count). The molecule has 0 atom stereocenters. The lowest BCUT2D eigenvalue weighted by molar-refractivity contribution is 0.533. The van der Waals surface area contributed by atoms with E-state index in [4.69, 9.17) is 4.42 Å². The molecule has 0 amide bonds. The van der Waals surface area contributed by atoms with E-state index >= 15 is 0 Å². The van der Waals surface area contributed by atoms with Gasteiger partial charge in [0.1, 0.15) is 10.7 Å². The maximum absolute atomic E-state index is 13.3. The highest BCUT2D eigenvalue weighted by Crippen LogP contribution is 2.17. The van der Waals surface area contributed by atoms with Gasteiger partial charge in [-0.2, -0.15) is 0 Å². The van der Waals surface area contributed by atoms with Crippen LogP contribution in [0, 0.1) is 12.7 Å². The summed E-state index contributed by atoms with van der Waals surface area (Å²) in [6, 6.07) is 4.70. The quantitative estimate of drug-likeness (QED) is 0.896. The van der Waals surface area contributed by atoms with Gasteiger partial charge in [-0.1, -0.05) is 17.2 Å². The minimum atomic E-state index is -4.05. The predicted molar refractivity (Wildman–Crippen MR) is 56.2 cm³/mol. The van der Waals surface area contributed by atoms with Crippen LogP contribution in [0.25, 0.3) is 0 Å². The van der Waals surface area contributed by atoms with Gasteiger partial charge in [0.2, 0.25) is 5.89 Å². The molecular formula is C9H8FN3O3S. The lowest BCUT2D eigenvalue weighted by Crippen LogP contribution is -2.14. The Morgan fingerprint density at radius 1 is 1.29 bits per heavy atom. The zero-order chi connectivity index (χ0) is 12.5. The third-order valence-corrected chi connectivity index (χ3v) is 3.23. The Hall–Kier alpha value is -1.96. The Bertz CT molecular complexity index is 638. The predicted octanol–water partition coefficient (Wildman–Crippen LogP) is 1.32. The van der Waals surface area contributed by atoms with Gasteiger partial charge in [0.25, 0.3) is 10.0 Å². The highest BCUT2D eigenvalue weighted by Gasteiger charge is 2.20. The van der Waals surface area contributed by atoms with Crippen molar-refractivity contribution in [3.8, 4) is 0 Å². The monoisotopic (exact) mass is 257 g/mol. The lowest BCUT2D eigenvalue weighted by Gasteiger charge is -2.04. The van der Waals surface area contributed by atoms with Gasteiger partial charge in [-0.25, -0.2) is 17.5 Å². The second-order valence-corrected chi connectivity index (χ2v) is 4.81. The molecule has 0 fully saturated rings. The van der Waals surface area contributed by atoms with Crippen molar-refractivity contribution in [1.29, 1.82) is 0 Å². The molecule has 0 saturated carbocycles. The van der Waals surface area contributed by atoms with E-state index in [0.717, 1.165) is 12.1 Å². The van der Waals surface area contributed by atoms with Crippen molar-refractivity contribution in [2.24, 2.45) is 0 Å². The Labute approximate surface area is 96.5 Å². The number of sulfonamides is 1. The zero-order valence-electron chi connectivity index (χ0n) is 8.71. The van der Waals surface area contributed by atoms with Gasteiger partial charge in [-0.05, 0) is 12.1 Å². The summed E-state index contributed by atoms with van der Waals surface area (Å²) in [7, 11) is -4.05. The first-order valence-electron chi connectivity index (χ1n) is 4.56. The van der Waals surface area contributed by atoms with Gasteiger partial charge >= 0.3 is 6.01 Å². The minimum Gasteiger partial charge on any atom is -0.408 e. The van der Waals surface area contributed by atoms with Gasteiger partial charge in [0.15, 0.2) is 0 Å². The molecule has 90 valence electrons. The Kier molecular flexibility index (Phi) is 2.80. The van der Waals surface area contributed by atoms with E-state index < -0.39 is 20.7 Å². The largest absolute Gasteiger partial charge is 0.408 e. The molecule has 0 aliphatic rings. The van der Waals surface area contributed by atoms with Crippen LogP contribution >= 0.6 is 0 Å². The molecule has 6 nitrogen and oxygen atoms in total. The van der Waals surface area contributed by atoms with Crippen LogP contribution < -0.4 is 4.72 Å². The van der Waals surface area contributed by atoms with E-state index in [9.17, 15) is 12.8 Å². The molecule has 0 spiro atoms. The van der Waals surface area contributed by atoms with Crippen molar-refractivity contribution >= 4 is 16.0 Å². The molecule has 1 aromatic heterocycles. The Morgan fingerprint density at radius 3 is 2.59 bits per heavy atom. The van der Waals surface area contributed by atoms with Crippen LogP contribution in [0.2, 0.25) is 0 Å². The molecule has 1 aromatic carbocycles. The van der Waals surface area contributed by atoms with Gasteiger partial charge in [-0.3, -0.25) is 0 Å². The standard InChI is InChI=1S/C9H8FN3O3S/c1-6-11-12-9(16-6)13-17(14,15)8-5-3-2-4-7(8)10/h2-5H,1H3,(H,12,13). The third-order valence-electron chi connectivity index (χ3n) is 1.87. The highest BCUT2D eigenvalue weighted by molar-refractivity contribution is 7.92. The van der Waals surface area contributed by atoms with Crippen molar-refractivity contribution in [2.75, 3.05) is 4.72 Å². The lowest BCUT2D eigenvalue weighted by atomic mass is 10.4. The fraction of sp³-hybridized carbons (Fsp3) is 0.111. The van der Waals surface area contributed by atoms with Crippen LogP contribution in [0.3, 0.4) is 0 Å². The number of aromatic nitrogens is 2. The summed E-state index contributed by atoms with van der Waals surface area (Å²) in [5.74, 6) is -0.646. The average molecular weight is 257 g/mol. The number of nitrogens with one attached hydrogen (secondary N) is 1. The number of hydrogen-bond acceptors (Lipinski definition) is 5. The van der Waals surface area contributed by atoms with Crippen LogP contribution in [0.1, 0.15) is 5.89 Å². The van der Waals surface area contributed by atoms with E-state index in [1.54, 1.807) is 0 Å². The molecule has 1 heterocycles. The molecule has 0 aliphatic heterocycles. The number of benzene rings is 1. The third kappa shape index (κ3) is 2.41. The van der Waals surface area contributed by atoms with Gasteiger partial charge in [0.05, 0.1) is 0 Å². The number of halogens is 1. The molecule has 0 aliphatic carbocycles. The van der Waals surface area contributed by atoms with E-state index in [1.807, 2.05) is 4.72 Å². The number of aryl methyl sites for hydroxylation is 1. The van der Waals surface area contributed by atoms with E-state index in [2.05, 4.69) is 10.2 Å². The summed E-state index contributed by atoms with van der Waals surface area (Å²) in [5, 5.41) is 6.91. The average Bonchev–Trinajstić information content (AvgIpc) is 2.63. The normalized spacial score (nSPS) is 11.4. The van der Waals surface area contributed by atoms with Crippen LogP contribution in [0.5, 0.6) is 0 Å². The molecule has 0 bridgehead atoms. The first kappa shape index (κ1) is 11.5. The fourth-order valence-corrected chi connectivity index (χ4v) is 2.18. The number of anilines is 1. The van der Waals surface area contributed by atoms with Crippen LogP contribution in [-0.4, -0.2) is 18.6 Å². The second-order valence-electron chi connectivity index (χ2n) is 3.16. The molecular weight excluding hydrogens is 249 g/mol. The maximum atomic E-state index is 13.3. The van der Waals surface area contributed by atoms with Crippen molar-refractivity contribution in [3.63, 3.8) is 0 Å². The van der Waals surface area contributed by atoms with E-state index in [1.165, 1.54) is 19.1 Å². The van der Waals surface area contributed by atoms with Gasteiger partial charge in [-0.15, -0.1) is 5.10 Å². The molecule has 1 N–H and O–H groups in total. The second kappa shape index (κ2) is 4.13. The van der Waals surface area contributed by atoms with Crippen molar-refractivity contribution < 1.29 is 17.2 Å². The first-order chi connectivity index (χ1) is 7.99. The van der Waals surface area contributed by atoms with E-state index in [0.29, 0.717) is 0 Å². The first-order valence-corrected chi connectivity index (χ1v) is 6.05. The fourth-order valence-electron chi connectivity index (χ4n) is 1.17. The number of hydrogen-bond donors (Lipinski definition) is 1. The topological polar surface area (TPSA) is 85.1 Å². The van der Waals surface area contributed by atoms with Crippen molar-refractivity contribution in [2.45, 2.75) is 11.8 Å². The molecule has 0 unspecified atom stereocenters. The van der Waals surface area contributed by atoms with Crippen LogP contribution in [0.4, 0.5) is 10.4 Å². The van der Waals surface area contributed by atoms with Crippen LogP contribution in [0.15, 0.2) is 33.6 Å². The summed E-state index contributed by atoms with van der Waals surface area (Å²) in [6.45, 7) is 1.51. The highest BCUT2D eigenvalue weighted by atomic mass is 32.2. The molecule has 2 aromatic rings. The maximum Gasteiger partial charge on any atom is 0.329 e. The minimum absolute atomic E-state index is 0.205. The van der Waals surface area contributed by atoms with Gasteiger partial charge in [0, 0.05) is 6.92 Å². The summed E-state index contributed by atoms with van der Waals surface area (Å²) >= 11 is 0. The summed E-state index contributed by atoms with van der Waals surface area (Å²) in [5.41, 5.74) is 0. The molecule has 0 radical (unpaired) electrons. The van der Waals surface area contributed by atoms with Gasteiger partial charge < -0.3 is 4.42 Å². The Balaban J connectivity index is 2.35. The smallest absolute Gasteiger partial charge is 0.329 e. The summed E-state index contributed by atoms with van der Waals surface area (Å²) in [6.07, 6.45) is 0. The summed E-state index contributed by atoms with van der Waals surface area (Å²) in [4.78, 5) is -0.476. The molecule has 8 heteroatoms. The van der Waals surface area contributed by atoms with Crippen LogP contribution in [-0.2, 0) is 10.0 Å². The van der Waals surface area contributed by atoms with E-state index in [-0.39, 0.29) is 11.9 Å².